The van der Waals surface area contributed by atoms with Crippen LogP contribution in [-0.4, -0.2) is 231 Å². The number of aliphatic hydroxyl groups excluding tert-OH is 7. The van der Waals surface area contributed by atoms with Gasteiger partial charge in [0.05, 0.1) is 55.4 Å². The van der Waals surface area contributed by atoms with E-state index in [1.165, 1.54) is 30.4 Å². The summed E-state index contributed by atoms with van der Waals surface area (Å²) >= 11 is 1.32. The number of nitrogens with zero attached hydrogens (tertiary/aromatic N) is 5. The number of fused-ring (bicyclic) bond motifs is 3. The highest BCUT2D eigenvalue weighted by Crippen LogP contribution is 2.35. The molecule has 3 aliphatic rings. The first-order chi connectivity index (χ1) is 44.4. The first-order valence-electron chi connectivity index (χ1n) is 29.4. The molecule has 0 radical (unpaired) electrons. The van der Waals surface area contributed by atoms with Crippen LogP contribution in [0.15, 0.2) is 72.9 Å². The molecular formula is C58H73N11O22S2. The molecule has 3 fully saturated rings. The predicted molar refractivity (Wildman–Crippen MR) is 324 cm³/mol. The SMILES string of the molecule is COCCCCCOc1ccc(-c2nn3cc(-c4ccc(C(=O)NC5CC(O)CNC(=O)C6C(O)C(C)CN6C(=O)C(C(O)CC(N)=O)NC(=O)C(C(O)C(O)c6ccc(O)c(OSOOO)c6)NC(=O)C6CC(O)CN6C(=O)C(C(C)O)NC5=O)cc4)nc3s2)cc1. The minimum absolute atomic E-state index is 0.0159. The Bertz CT molecular complexity index is 3420. The molecule has 0 bridgehead atoms. The number of benzene rings is 3. The molecular weight excluding hydrogens is 1270 g/mol. The Kier molecular flexibility index (Phi) is 24.4. The van der Waals surface area contributed by atoms with Crippen LogP contribution < -0.4 is 41.2 Å². The van der Waals surface area contributed by atoms with Crippen LogP contribution in [0, 0.1) is 5.92 Å². The zero-order chi connectivity index (χ0) is 67.4. The van der Waals surface area contributed by atoms with E-state index in [0.717, 1.165) is 65.5 Å². The molecule has 5 heterocycles. The molecule has 14 atom stereocenters. The Morgan fingerprint density at radius 2 is 1.48 bits per heavy atom. The van der Waals surface area contributed by atoms with Gasteiger partial charge >= 0.3 is 0 Å². The average Bonchev–Trinajstić information content (AvgIpc) is 1.73. The third-order valence-corrected chi connectivity index (χ3v) is 17.1. The fraction of sp³-hybridized carbons (Fsp3) is 0.483. The van der Waals surface area contributed by atoms with Crippen LogP contribution in [0.4, 0.5) is 0 Å². The molecule has 93 heavy (non-hydrogen) atoms. The van der Waals surface area contributed by atoms with Gasteiger partial charge < -0.3 is 96.6 Å². The number of ether oxygens (including phenoxy) is 2. The molecule has 0 spiro atoms. The first kappa shape index (κ1) is 70.7. The van der Waals surface area contributed by atoms with Crippen LogP contribution in [0.5, 0.6) is 17.2 Å². The Balaban J connectivity index is 1.07. The number of aliphatic hydroxyl groups is 7. The summed E-state index contributed by atoms with van der Waals surface area (Å²) in [6, 6.07) is 4.16. The first-order valence-corrected chi connectivity index (χ1v) is 30.8. The lowest BCUT2D eigenvalue weighted by molar-refractivity contribution is -0.433. The van der Waals surface area contributed by atoms with Crippen molar-refractivity contribution in [2.24, 2.45) is 11.7 Å². The Morgan fingerprint density at radius 1 is 0.806 bits per heavy atom. The summed E-state index contributed by atoms with van der Waals surface area (Å²) in [5, 5.41) is 119. The molecule has 3 aliphatic heterocycles. The van der Waals surface area contributed by atoms with Crippen molar-refractivity contribution in [3.8, 4) is 39.1 Å². The van der Waals surface area contributed by atoms with Crippen molar-refractivity contribution in [1.82, 2.24) is 51.0 Å². The lowest BCUT2D eigenvalue weighted by atomic mass is 9.96. The van der Waals surface area contributed by atoms with Gasteiger partial charge in [0.2, 0.25) is 46.3 Å². The number of hydrogen-bond acceptors (Lipinski definition) is 26. The van der Waals surface area contributed by atoms with E-state index in [1.54, 1.807) is 30.0 Å². The lowest BCUT2D eigenvalue weighted by Gasteiger charge is -2.34. The number of nitrogens with one attached hydrogen (secondary N) is 5. The number of aromatic nitrogens is 3. The van der Waals surface area contributed by atoms with Crippen molar-refractivity contribution in [3.05, 3.63) is 84.1 Å². The number of nitrogens with two attached hydrogens (primary N) is 1. The van der Waals surface area contributed by atoms with Crippen LogP contribution in [-0.2, 0) is 47.7 Å². The quantitative estimate of drug-likeness (QED) is 0.0150. The summed E-state index contributed by atoms with van der Waals surface area (Å²) in [5.74, 6) is -11.2. The normalized spacial score (nSPS) is 24.9. The molecule has 3 saturated heterocycles. The second-order valence-electron chi connectivity index (χ2n) is 22.6. The van der Waals surface area contributed by atoms with Crippen molar-refractivity contribution in [3.63, 3.8) is 0 Å². The highest BCUT2D eigenvalue weighted by atomic mass is 32.2. The number of phenols is 1. The van der Waals surface area contributed by atoms with E-state index in [9.17, 15) is 79.2 Å². The van der Waals surface area contributed by atoms with Gasteiger partial charge in [-0.25, -0.2) is 14.8 Å². The van der Waals surface area contributed by atoms with Gasteiger partial charge in [-0.1, -0.05) is 45.8 Å². The van der Waals surface area contributed by atoms with Crippen molar-refractivity contribution in [2.75, 3.05) is 40.0 Å². The number of phenolic OH excluding ortho intramolecular Hbond substituents is 1. The van der Waals surface area contributed by atoms with Gasteiger partial charge in [-0.15, -0.1) is 0 Å². The number of carbonyl (C=O) groups excluding carboxylic acids is 8. The van der Waals surface area contributed by atoms with E-state index in [4.69, 9.17) is 34.7 Å². The van der Waals surface area contributed by atoms with Crippen LogP contribution >= 0.6 is 23.7 Å². The number of aromatic hydroxyl groups is 1. The average molecular weight is 1340 g/mol. The smallest absolute Gasteiger partial charge is 0.261 e. The highest BCUT2D eigenvalue weighted by Gasteiger charge is 2.50. The number of amides is 8. The molecule has 35 heteroatoms. The number of imidazole rings is 1. The van der Waals surface area contributed by atoms with Crippen molar-refractivity contribution in [2.45, 2.75) is 131 Å². The Morgan fingerprint density at radius 3 is 2.16 bits per heavy atom. The molecule has 14 unspecified atom stereocenters. The van der Waals surface area contributed by atoms with Crippen LogP contribution in [0.25, 0.3) is 26.8 Å². The summed E-state index contributed by atoms with van der Waals surface area (Å²) in [5.41, 5.74) is 6.94. The highest BCUT2D eigenvalue weighted by molar-refractivity contribution is 7.90. The van der Waals surface area contributed by atoms with E-state index in [2.05, 4.69) is 36.0 Å². The Labute approximate surface area is 538 Å². The van der Waals surface area contributed by atoms with Gasteiger partial charge in [-0.2, -0.15) is 5.10 Å². The topological polar surface area (TPSA) is 488 Å². The monoisotopic (exact) mass is 1340 g/mol. The number of unbranched alkanes of at least 4 members (excludes halogenated alkanes) is 2. The van der Waals surface area contributed by atoms with E-state index in [0.29, 0.717) is 34.4 Å². The number of carbonyl (C=O) groups is 8. The van der Waals surface area contributed by atoms with Gasteiger partial charge in [-0.3, -0.25) is 38.4 Å². The number of hydrogen-bond donors (Lipinski definition) is 15. The van der Waals surface area contributed by atoms with Gasteiger partial charge in [0.25, 0.3) is 18.2 Å². The minimum Gasteiger partial charge on any atom is -0.504 e. The summed E-state index contributed by atoms with van der Waals surface area (Å²) < 4.78 is 21.8. The number of rotatable bonds is 22. The zero-order valence-electron chi connectivity index (χ0n) is 50.3. The molecule has 0 aliphatic carbocycles. The third-order valence-electron chi connectivity index (χ3n) is 15.8. The van der Waals surface area contributed by atoms with E-state index >= 15 is 0 Å². The standard InChI is InChI=1S/C58H73N11O22S2/c1-27-24-68-46(47(27)76)54(83)60-23-33(71)20-36(61-50(79)30-9-7-29(8-10-30)37-26-69-58(62-37)92-55(66-69)31-11-14-35(15-12-31)88-18-6-4-5-17-87-3)51(80)63-43(28(2)70)56(84)67-25-34(72)21-38(67)52(81)65-45(53(82)64-44(57(68)85)40(74)22-42(59)75)49(78)48(77)32-13-16-39(73)41(19-32)89-93-91-90-86/h7-16,19,26-28,33-34,36,38,40,43-49,70-74,76-78,86H,4-6,17-18,20-25H2,1-3H3,(H2,59,75)(H,60,83)(H,61,79)(H,63,80)(H,64,82)(H,65,81). The van der Waals surface area contributed by atoms with Crippen molar-refractivity contribution < 1.29 is 107 Å². The van der Waals surface area contributed by atoms with Crippen LogP contribution in [0.3, 0.4) is 0 Å². The summed E-state index contributed by atoms with van der Waals surface area (Å²) in [4.78, 5) is 120. The second-order valence-corrected chi connectivity index (χ2v) is 24.0. The summed E-state index contributed by atoms with van der Waals surface area (Å²) in [7, 11) is 1.67. The number of β-amino-alcohol motifs (C(OH)–C–C–N with tert-alkyl or cyclic N) is 1. The molecule has 5 aromatic rings. The minimum atomic E-state index is -2.53. The van der Waals surface area contributed by atoms with E-state index < -0.39 is 183 Å². The molecule has 504 valence electrons. The zero-order valence-corrected chi connectivity index (χ0v) is 51.9. The largest absolute Gasteiger partial charge is 0.504 e. The van der Waals surface area contributed by atoms with E-state index in [1.807, 2.05) is 24.3 Å². The van der Waals surface area contributed by atoms with Crippen molar-refractivity contribution in [1.29, 1.82) is 0 Å². The summed E-state index contributed by atoms with van der Waals surface area (Å²) in [6.07, 6.45) is -11.6. The maximum atomic E-state index is 14.7. The third kappa shape index (κ3) is 17.6. The molecule has 8 amide bonds. The van der Waals surface area contributed by atoms with Crippen LogP contribution in [0.1, 0.15) is 74.4 Å². The maximum absolute atomic E-state index is 14.7. The van der Waals surface area contributed by atoms with Crippen LogP contribution in [0.2, 0.25) is 0 Å². The van der Waals surface area contributed by atoms with Gasteiger partial charge in [-0.05, 0) is 80.3 Å². The maximum Gasteiger partial charge on any atom is 0.261 e. The molecule has 0 saturated carbocycles. The molecule has 8 rings (SSSR count). The molecule has 16 N–H and O–H groups in total. The summed E-state index contributed by atoms with van der Waals surface area (Å²) in [6.45, 7) is 1.95. The van der Waals surface area contributed by atoms with Crippen molar-refractivity contribution >= 4 is 75.9 Å². The lowest BCUT2D eigenvalue weighted by Crippen LogP contribution is -2.64. The van der Waals surface area contributed by atoms with Gasteiger partial charge in [0, 0.05) is 68.8 Å². The second kappa shape index (κ2) is 32.1. The molecule has 3 aromatic carbocycles. The molecule has 2 aromatic heterocycles. The molecule has 33 nitrogen and oxygen atoms in total. The Hall–Kier alpha value is -8.17. The fourth-order valence-corrected chi connectivity index (χ4v) is 12.0. The van der Waals surface area contributed by atoms with E-state index in [-0.39, 0.29) is 23.5 Å². The fourth-order valence-electron chi connectivity index (χ4n) is 10.8. The number of methoxy groups -OCH3 is 1. The predicted octanol–water partition coefficient (Wildman–Crippen LogP) is -2.30. The number of primary amides is 1. The van der Waals surface area contributed by atoms with Gasteiger partial charge in [0.15, 0.2) is 11.5 Å². The van der Waals surface area contributed by atoms with Gasteiger partial charge in [0.1, 0.15) is 59.2 Å².